The molecule has 1 fully saturated rings. The Morgan fingerprint density at radius 1 is 1.41 bits per heavy atom. The third-order valence-corrected chi connectivity index (χ3v) is 2.76. The zero-order valence-corrected chi connectivity index (χ0v) is 11.8. The molecular formula is C12H25ClN2O2. The van der Waals surface area contributed by atoms with E-state index in [2.05, 4.69) is 5.32 Å². The molecule has 0 bridgehead atoms. The number of alkyl carbamates (subject to hydrolysis) is 1. The minimum atomic E-state index is -0.424. The number of nitrogens with two attached hydrogens (primary N) is 1. The van der Waals surface area contributed by atoms with E-state index in [1.807, 2.05) is 20.8 Å². The van der Waals surface area contributed by atoms with Crippen LogP contribution in [0.5, 0.6) is 0 Å². The van der Waals surface area contributed by atoms with Gasteiger partial charge in [0, 0.05) is 12.6 Å². The molecule has 0 saturated heterocycles. The van der Waals surface area contributed by atoms with Crippen LogP contribution in [0.4, 0.5) is 4.79 Å². The summed E-state index contributed by atoms with van der Waals surface area (Å²) in [5, 5.41) is 2.81. The van der Waals surface area contributed by atoms with Gasteiger partial charge in [0.1, 0.15) is 5.60 Å². The Morgan fingerprint density at radius 3 is 2.59 bits per heavy atom. The fourth-order valence-electron chi connectivity index (χ4n) is 2.06. The lowest BCUT2D eigenvalue weighted by Gasteiger charge is -2.27. The second-order valence-electron chi connectivity index (χ2n) is 5.68. The summed E-state index contributed by atoms with van der Waals surface area (Å²) in [6.45, 7) is 6.28. The first kappa shape index (κ1) is 16.5. The van der Waals surface area contributed by atoms with Crippen LogP contribution < -0.4 is 11.1 Å². The second-order valence-corrected chi connectivity index (χ2v) is 5.68. The van der Waals surface area contributed by atoms with Gasteiger partial charge in [-0.05, 0) is 46.0 Å². The van der Waals surface area contributed by atoms with Gasteiger partial charge in [0.25, 0.3) is 0 Å². The smallest absolute Gasteiger partial charge is 0.407 e. The Bertz CT molecular complexity index is 241. The normalized spacial score (nSPS) is 24.7. The lowest BCUT2D eigenvalue weighted by Crippen LogP contribution is -2.38. The summed E-state index contributed by atoms with van der Waals surface area (Å²) >= 11 is 0. The highest BCUT2D eigenvalue weighted by Gasteiger charge is 2.21. The van der Waals surface area contributed by atoms with Crippen molar-refractivity contribution < 1.29 is 9.53 Å². The standard InChI is InChI=1S/C12H24N2O2.ClH/c1-12(2,3)16-11(15)14-8-9-5-4-6-10(13)7-9;/h9-10H,4-8,13H2,1-3H3,(H,14,15);1H/t9-,10-;/m1./s1. The number of ether oxygens (including phenoxy) is 1. The Hall–Kier alpha value is -0.480. The van der Waals surface area contributed by atoms with Crippen LogP contribution in [0.25, 0.3) is 0 Å². The van der Waals surface area contributed by atoms with Crippen molar-refractivity contribution in [3.63, 3.8) is 0 Å². The van der Waals surface area contributed by atoms with Crippen LogP contribution in [-0.2, 0) is 4.74 Å². The molecule has 1 amide bonds. The van der Waals surface area contributed by atoms with Crippen molar-refractivity contribution in [3.05, 3.63) is 0 Å². The number of halogens is 1. The Morgan fingerprint density at radius 2 is 2.06 bits per heavy atom. The number of rotatable bonds is 2. The highest BCUT2D eigenvalue weighted by molar-refractivity contribution is 5.85. The molecule has 0 aliphatic heterocycles. The van der Waals surface area contributed by atoms with Crippen LogP contribution in [0.1, 0.15) is 46.5 Å². The van der Waals surface area contributed by atoms with E-state index in [4.69, 9.17) is 10.5 Å². The van der Waals surface area contributed by atoms with Gasteiger partial charge in [-0.15, -0.1) is 12.4 Å². The topological polar surface area (TPSA) is 64.3 Å². The summed E-state index contributed by atoms with van der Waals surface area (Å²) < 4.78 is 5.17. The molecule has 0 aromatic rings. The summed E-state index contributed by atoms with van der Waals surface area (Å²) in [6, 6.07) is 0.305. The van der Waals surface area contributed by atoms with Crippen LogP contribution in [0, 0.1) is 5.92 Å². The van der Waals surface area contributed by atoms with E-state index < -0.39 is 5.60 Å². The maximum atomic E-state index is 11.4. The van der Waals surface area contributed by atoms with Crippen molar-refractivity contribution in [1.29, 1.82) is 0 Å². The predicted octanol–water partition coefficient (Wildman–Crippen LogP) is 2.45. The molecule has 1 aliphatic carbocycles. The lowest BCUT2D eigenvalue weighted by molar-refractivity contribution is 0.0514. The van der Waals surface area contributed by atoms with Gasteiger partial charge in [-0.3, -0.25) is 0 Å². The van der Waals surface area contributed by atoms with Gasteiger partial charge in [-0.2, -0.15) is 0 Å². The number of amides is 1. The molecule has 1 saturated carbocycles. The molecule has 0 aromatic carbocycles. The molecule has 0 spiro atoms. The minimum Gasteiger partial charge on any atom is -0.444 e. The molecule has 5 heteroatoms. The van der Waals surface area contributed by atoms with Crippen molar-refractivity contribution in [2.24, 2.45) is 11.7 Å². The summed E-state index contributed by atoms with van der Waals surface area (Å²) in [5.41, 5.74) is 5.47. The van der Waals surface area contributed by atoms with E-state index in [1.54, 1.807) is 0 Å². The predicted molar refractivity (Wildman–Crippen MR) is 71.4 cm³/mol. The number of carbonyl (C=O) groups excluding carboxylic acids is 1. The van der Waals surface area contributed by atoms with E-state index in [9.17, 15) is 4.79 Å². The second kappa shape index (κ2) is 7.07. The molecule has 4 nitrogen and oxygen atoms in total. The Labute approximate surface area is 110 Å². The zero-order valence-electron chi connectivity index (χ0n) is 11.0. The van der Waals surface area contributed by atoms with Crippen LogP contribution in [-0.4, -0.2) is 24.3 Å². The van der Waals surface area contributed by atoms with E-state index in [-0.39, 0.29) is 18.5 Å². The number of hydrogen-bond acceptors (Lipinski definition) is 3. The van der Waals surface area contributed by atoms with Crippen molar-refractivity contribution >= 4 is 18.5 Å². The molecule has 2 atom stereocenters. The van der Waals surface area contributed by atoms with Gasteiger partial charge < -0.3 is 15.8 Å². The molecule has 3 N–H and O–H groups in total. The lowest BCUT2D eigenvalue weighted by atomic mass is 9.86. The third kappa shape index (κ3) is 7.45. The van der Waals surface area contributed by atoms with Crippen LogP contribution in [0.2, 0.25) is 0 Å². The number of carbonyl (C=O) groups is 1. The average molecular weight is 265 g/mol. The summed E-state index contributed by atoms with van der Waals surface area (Å²) in [5.74, 6) is 0.510. The first-order chi connectivity index (χ1) is 7.37. The van der Waals surface area contributed by atoms with Crippen molar-refractivity contribution in [3.8, 4) is 0 Å². The van der Waals surface area contributed by atoms with Crippen LogP contribution in [0.3, 0.4) is 0 Å². The van der Waals surface area contributed by atoms with Gasteiger partial charge in [0.05, 0.1) is 0 Å². The molecular weight excluding hydrogens is 240 g/mol. The highest BCUT2D eigenvalue weighted by atomic mass is 35.5. The van der Waals surface area contributed by atoms with E-state index in [0.29, 0.717) is 18.5 Å². The van der Waals surface area contributed by atoms with Crippen molar-refractivity contribution in [2.45, 2.75) is 58.1 Å². The maximum absolute atomic E-state index is 11.4. The van der Waals surface area contributed by atoms with Gasteiger partial charge >= 0.3 is 6.09 Å². The third-order valence-electron chi connectivity index (χ3n) is 2.76. The van der Waals surface area contributed by atoms with Crippen molar-refractivity contribution in [2.75, 3.05) is 6.54 Å². The molecule has 0 radical (unpaired) electrons. The minimum absolute atomic E-state index is 0. The van der Waals surface area contributed by atoms with Gasteiger partial charge in [-0.25, -0.2) is 4.79 Å². The molecule has 0 unspecified atom stereocenters. The monoisotopic (exact) mass is 264 g/mol. The maximum Gasteiger partial charge on any atom is 0.407 e. The molecule has 1 aliphatic rings. The van der Waals surface area contributed by atoms with Crippen LogP contribution in [0.15, 0.2) is 0 Å². The molecule has 17 heavy (non-hydrogen) atoms. The summed E-state index contributed by atoms with van der Waals surface area (Å²) in [4.78, 5) is 11.4. The fraction of sp³-hybridized carbons (Fsp3) is 0.917. The van der Waals surface area contributed by atoms with Crippen LogP contribution >= 0.6 is 12.4 Å². The zero-order chi connectivity index (χ0) is 12.2. The van der Waals surface area contributed by atoms with Gasteiger partial charge in [-0.1, -0.05) is 6.42 Å². The largest absolute Gasteiger partial charge is 0.444 e. The first-order valence-electron chi connectivity index (χ1n) is 6.09. The molecule has 102 valence electrons. The quantitative estimate of drug-likeness (QED) is 0.805. The Kier molecular flexibility index (Phi) is 6.87. The van der Waals surface area contributed by atoms with E-state index in [1.165, 1.54) is 6.42 Å². The van der Waals surface area contributed by atoms with Gasteiger partial charge in [0.2, 0.25) is 0 Å². The average Bonchev–Trinajstić information content (AvgIpc) is 2.12. The van der Waals surface area contributed by atoms with E-state index in [0.717, 1.165) is 19.3 Å². The molecule has 0 heterocycles. The SMILES string of the molecule is CC(C)(C)OC(=O)NC[C@@H]1CCC[C@@H](N)C1.Cl. The van der Waals surface area contributed by atoms with E-state index >= 15 is 0 Å². The Balaban J connectivity index is 0.00000256. The first-order valence-corrected chi connectivity index (χ1v) is 6.09. The van der Waals surface area contributed by atoms with Crippen molar-refractivity contribution in [1.82, 2.24) is 5.32 Å². The number of nitrogens with one attached hydrogen (secondary N) is 1. The molecule has 1 rings (SSSR count). The molecule has 0 aromatic heterocycles. The summed E-state index contributed by atoms with van der Waals surface area (Å²) in [6.07, 6.45) is 4.12. The number of hydrogen-bond donors (Lipinski definition) is 2. The fourth-order valence-corrected chi connectivity index (χ4v) is 2.06. The van der Waals surface area contributed by atoms with Gasteiger partial charge in [0.15, 0.2) is 0 Å². The highest BCUT2D eigenvalue weighted by Crippen LogP contribution is 2.22. The summed E-state index contributed by atoms with van der Waals surface area (Å²) in [7, 11) is 0.